The summed E-state index contributed by atoms with van der Waals surface area (Å²) in [6.45, 7) is 3.55. The van der Waals surface area contributed by atoms with E-state index in [1.807, 2.05) is 0 Å². The number of benzene rings is 1. The fourth-order valence-corrected chi connectivity index (χ4v) is 3.09. The van der Waals surface area contributed by atoms with E-state index < -0.39 is 0 Å². The number of aryl methyl sites for hydroxylation is 1. The molecule has 1 atom stereocenters. The van der Waals surface area contributed by atoms with Gasteiger partial charge in [-0.3, -0.25) is 0 Å². The van der Waals surface area contributed by atoms with Crippen molar-refractivity contribution in [3.63, 3.8) is 0 Å². The molecule has 1 aromatic rings. The lowest BCUT2D eigenvalue weighted by atomic mass is 9.90. The summed E-state index contributed by atoms with van der Waals surface area (Å²) >= 11 is 0. The lowest BCUT2D eigenvalue weighted by molar-refractivity contribution is 0.376. The summed E-state index contributed by atoms with van der Waals surface area (Å²) < 4.78 is 0. The number of nitrogens with one attached hydrogen (secondary N) is 2. The van der Waals surface area contributed by atoms with Gasteiger partial charge in [-0.15, -0.1) is 0 Å². The highest BCUT2D eigenvalue weighted by molar-refractivity contribution is 5.54. The molecule has 1 saturated heterocycles. The Morgan fingerprint density at radius 1 is 1.18 bits per heavy atom. The molecule has 0 aliphatic carbocycles. The standard InChI is InChI=1S/C15H22N2/c1-3-13(11-16-7-1)9-12-5-6-15-14(10-12)4-2-8-17-15/h5-6,10,13,16-17H,1-4,7-9,11H2. The zero-order chi connectivity index (χ0) is 11.5. The van der Waals surface area contributed by atoms with Crippen molar-refractivity contribution in [2.45, 2.75) is 32.1 Å². The van der Waals surface area contributed by atoms with E-state index >= 15 is 0 Å². The molecule has 0 saturated carbocycles. The molecular weight excluding hydrogens is 208 g/mol. The molecule has 3 rings (SSSR count). The molecule has 0 aromatic heterocycles. The van der Waals surface area contributed by atoms with Crippen LogP contribution in [0, 0.1) is 5.92 Å². The third kappa shape index (κ3) is 2.63. The molecule has 2 aliphatic rings. The second kappa shape index (κ2) is 5.09. The van der Waals surface area contributed by atoms with Crippen LogP contribution in [0.15, 0.2) is 18.2 Å². The minimum atomic E-state index is 0.846. The molecule has 1 unspecified atom stereocenters. The van der Waals surface area contributed by atoms with Gasteiger partial charge in [0.2, 0.25) is 0 Å². The Morgan fingerprint density at radius 3 is 3.06 bits per heavy atom. The molecule has 92 valence electrons. The molecule has 2 aliphatic heterocycles. The van der Waals surface area contributed by atoms with E-state index in [0.717, 1.165) is 12.5 Å². The third-order valence-electron chi connectivity index (χ3n) is 4.03. The topological polar surface area (TPSA) is 24.1 Å². The van der Waals surface area contributed by atoms with E-state index in [1.165, 1.54) is 62.0 Å². The predicted octanol–water partition coefficient (Wildman–Crippen LogP) is 2.59. The van der Waals surface area contributed by atoms with Crippen molar-refractivity contribution in [2.24, 2.45) is 5.92 Å². The molecule has 0 bridgehead atoms. The Morgan fingerprint density at radius 2 is 2.18 bits per heavy atom. The normalized spacial score (nSPS) is 23.9. The first-order chi connectivity index (χ1) is 8.42. The molecule has 0 spiro atoms. The van der Waals surface area contributed by atoms with Crippen LogP contribution in [0.5, 0.6) is 0 Å². The van der Waals surface area contributed by atoms with Gasteiger partial charge in [-0.05, 0) is 68.3 Å². The van der Waals surface area contributed by atoms with Crippen LogP contribution < -0.4 is 10.6 Å². The predicted molar refractivity (Wildman–Crippen MR) is 72.6 cm³/mol. The zero-order valence-corrected chi connectivity index (χ0v) is 10.5. The summed E-state index contributed by atoms with van der Waals surface area (Å²) in [5, 5.41) is 6.99. The van der Waals surface area contributed by atoms with Crippen LogP contribution >= 0.6 is 0 Å². The average molecular weight is 230 g/mol. The zero-order valence-electron chi connectivity index (χ0n) is 10.5. The highest BCUT2D eigenvalue weighted by Gasteiger charge is 2.15. The number of piperidine rings is 1. The van der Waals surface area contributed by atoms with Crippen LogP contribution in [0.3, 0.4) is 0 Å². The number of hydrogen-bond acceptors (Lipinski definition) is 2. The lowest BCUT2D eigenvalue weighted by Crippen LogP contribution is -2.30. The minimum absolute atomic E-state index is 0.846. The molecule has 1 fully saturated rings. The molecule has 0 amide bonds. The third-order valence-corrected chi connectivity index (χ3v) is 4.03. The van der Waals surface area contributed by atoms with Gasteiger partial charge < -0.3 is 10.6 Å². The first kappa shape index (κ1) is 11.1. The average Bonchev–Trinajstić information content (AvgIpc) is 2.40. The Bertz CT molecular complexity index is 381. The van der Waals surface area contributed by atoms with Crippen molar-refractivity contribution in [1.29, 1.82) is 0 Å². The molecular formula is C15H22N2. The Kier molecular flexibility index (Phi) is 3.32. The van der Waals surface area contributed by atoms with Gasteiger partial charge in [0.05, 0.1) is 0 Å². The summed E-state index contributed by atoms with van der Waals surface area (Å²) in [6.07, 6.45) is 6.51. The second-order valence-electron chi connectivity index (χ2n) is 5.44. The van der Waals surface area contributed by atoms with Gasteiger partial charge in [-0.25, -0.2) is 0 Å². The van der Waals surface area contributed by atoms with Crippen LogP contribution in [0.4, 0.5) is 5.69 Å². The highest BCUT2D eigenvalue weighted by atomic mass is 14.9. The SMILES string of the molecule is c1cc2c(cc1CC1CCCNC1)CCCN2. The molecule has 2 nitrogen and oxygen atoms in total. The van der Waals surface area contributed by atoms with Crippen LogP contribution in [0.2, 0.25) is 0 Å². The van der Waals surface area contributed by atoms with Gasteiger partial charge in [0.1, 0.15) is 0 Å². The molecule has 2 heteroatoms. The van der Waals surface area contributed by atoms with E-state index in [4.69, 9.17) is 0 Å². The van der Waals surface area contributed by atoms with Gasteiger partial charge in [0.15, 0.2) is 0 Å². The first-order valence-electron chi connectivity index (χ1n) is 6.98. The summed E-state index contributed by atoms with van der Waals surface area (Å²) in [6, 6.07) is 7.02. The van der Waals surface area contributed by atoms with Crippen LogP contribution in [-0.4, -0.2) is 19.6 Å². The maximum absolute atomic E-state index is 3.51. The second-order valence-corrected chi connectivity index (χ2v) is 5.44. The van der Waals surface area contributed by atoms with Crippen molar-refractivity contribution in [3.05, 3.63) is 29.3 Å². The first-order valence-corrected chi connectivity index (χ1v) is 6.98. The fraction of sp³-hybridized carbons (Fsp3) is 0.600. The molecule has 2 heterocycles. The fourth-order valence-electron chi connectivity index (χ4n) is 3.09. The summed E-state index contributed by atoms with van der Waals surface area (Å²) in [4.78, 5) is 0. The van der Waals surface area contributed by atoms with Crippen molar-refractivity contribution in [1.82, 2.24) is 5.32 Å². The van der Waals surface area contributed by atoms with Gasteiger partial charge in [0.25, 0.3) is 0 Å². The highest BCUT2D eigenvalue weighted by Crippen LogP contribution is 2.25. The van der Waals surface area contributed by atoms with Gasteiger partial charge >= 0.3 is 0 Å². The van der Waals surface area contributed by atoms with Gasteiger partial charge in [-0.2, -0.15) is 0 Å². The molecule has 2 N–H and O–H groups in total. The van der Waals surface area contributed by atoms with E-state index in [0.29, 0.717) is 0 Å². The number of anilines is 1. The molecule has 1 aromatic carbocycles. The number of fused-ring (bicyclic) bond motifs is 1. The number of rotatable bonds is 2. The summed E-state index contributed by atoms with van der Waals surface area (Å²) in [7, 11) is 0. The van der Waals surface area contributed by atoms with E-state index in [9.17, 15) is 0 Å². The van der Waals surface area contributed by atoms with E-state index in [1.54, 1.807) is 0 Å². The van der Waals surface area contributed by atoms with Gasteiger partial charge in [-0.1, -0.05) is 12.1 Å². The van der Waals surface area contributed by atoms with Crippen LogP contribution in [0.25, 0.3) is 0 Å². The minimum Gasteiger partial charge on any atom is -0.385 e. The Balaban J connectivity index is 1.70. The van der Waals surface area contributed by atoms with Crippen LogP contribution in [-0.2, 0) is 12.8 Å². The maximum Gasteiger partial charge on any atom is 0.0372 e. The number of hydrogen-bond donors (Lipinski definition) is 2. The van der Waals surface area contributed by atoms with Crippen molar-refractivity contribution >= 4 is 5.69 Å². The van der Waals surface area contributed by atoms with Crippen molar-refractivity contribution in [3.8, 4) is 0 Å². The molecule has 0 radical (unpaired) electrons. The summed E-state index contributed by atoms with van der Waals surface area (Å²) in [5.74, 6) is 0.846. The monoisotopic (exact) mass is 230 g/mol. The maximum atomic E-state index is 3.51. The van der Waals surface area contributed by atoms with Crippen molar-refractivity contribution < 1.29 is 0 Å². The Hall–Kier alpha value is -1.02. The van der Waals surface area contributed by atoms with Crippen molar-refractivity contribution in [2.75, 3.05) is 25.0 Å². The Labute approximate surface area is 104 Å². The quantitative estimate of drug-likeness (QED) is 0.816. The van der Waals surface area contributed by atoms with E-state index in [2.05, 4.69) is 28.8 Å². The smallest absolute Gasteiger partial charge is 0.0372 e. The summed E-state index contributed by atoms with van der Waals surface area (Å²) in [5.41, 5.74) is 4.42. The largest absolute Gasteiger partial charge is 0.385 e. The van der Waals surface area contributed by atoms with E-state index in [-0.39, 0.29) is 0 Å². The van der Waals surface area contributed by atoms with Gasteiger partial charge in [0, 0.05) is 12.2 Å². The lowest BCUT2D eigenvalue weighted by Gasteiger charge is -2.24. The molecule has 17 heavy (non-hydrogen) atoms. The van der Waals surface area contributed by atoms with Crippen LogP contribution in [0.1, 0.15) is 30.4 Å².